The standard InChI is InChI=1S/C22H37N5O3/c1-8-27(15-17-12-10-9-11-13-17)18(28)14-24-19(23-7)25-16-22(5,6)26-20(29)30-21(2,3)4/h9-13H,8,14-16H2,1-7H3,(H,26,29)(H2,23,24,25). The molecule has 8 heteroatoms. The summed E-state index contributed by atoms with van der Waals surface area (Å²) >= 11 is 0. The second kappa shape index (κ2) is 11.4. The van der Waals surface area contributed by atoms with Crippen LogP contribution < -0.4 is 16.0 Å². The largest absolute Gasteiger partial charge is 0.444 e. The fourth-order valence-electron chi connectivity index (χ4n) is 2.60. The Balaban J connectivity index is 2.51. The van der Waals surface area contributed by atoms with Crippen LogP contribution in [0.2, 0.25) is 0 Å². The minimum absolute atomic E-state index is 0.0181. The summed E-state index contributed by atoms with van der Waals surface area (Å²) in [4.78, 5) is 30.5. The molecule has 30 heavy (non-hydrogen) atoms. The molecule has 0 unspecified atom stereocenters. The van der Waals surface area contributed by atoms with Gasteiger partial charge in [0.1, 0.15) is 5.60 Å². The van der Waals surface area contributed by atoms with Gasteiger partial charge >= 0.3 is 6.09 Å². The zero-order chi connectivity index (χ0) is 22.8. The highest BCUT2D eigenvalue weighted by molar-refractivity contribution is 5.86. The fourth-order valence-corrected chi connectivity index (χ4v) is 2.60. The zero-order valence-corrected chi connectivity index (χ0v) is 19.3. The molecule has 1 aromatic rings. The van der Waals surface area contributed by atoms with Gasteiger partial charge in [0.15, 0.2) is 5.96 Å². The third-order valence-electron chi connectivity index (χ3n) is 4.12. The average molecular weight is 420 g/mol. The maximum absolute atomic E-state index is 12.6. The number of alkyl carbamates (subject to hydrolysis) is 1. The van der Waals surface area contributed by atoms with E-state index in [-0.39, 0.29) is 12.5 Å². The number of carbonyl (C=O) groups is 2. The van der Waals surface area contributed by atoms with E-state index < -0.39 is 17.2 Å². The normalized spacial score (nSPS) is 12.2. The average Bonchev–Trinajstić information content (AvgIpc) is 2.64. The third-order valence-corrected chi connectivity index (χ3v) is 4.12. The van der Waals surface area contributed by atoms with Gasteiger partial charge in [-0.25, -0.2) is 4.79 Å². The Morgan fingerprint density at radius 2 is 1.70 bits per heavy atom. The van der Waals surface area contributed by atoms with Crippen LogP contribution in [0, 0.1) is 0 Å². The van der Waals surface area contributed by atoms with Gasteiger partial charge in [-0.2, -0.15) is 0 Å². The number of ether oxygens (including phenoxy) is 1. The van der Waals surface area contributed by atoms with Gasteiger partial charge in [-0.3, -0.25) is 9.79 Å². The first-order valence-electron chi connectivity index (χ1n) is 10.2. The number of amides is 2. The lowest BCUT2D eigenvalue weighted by atomic mass is 10.1. The van der Waals surface area contributed by atoms with Crippen molar-refractivity contribution in [3.63, 3.8) is 0 Å². The van der Waals surface area contributed by atoms with E-state index >= 15 is 0 Å². The quantitative estimate of drug-likeness (QED) is 0.445. The topological polar surface area (TPSA) is 95.1 Å². The highest BCUT2D eigenvalue weighted by Gasteiger charge is 2.25. The Labute approximate surface area is 180 Å². The molecule has 0 saturated carbocycles. The molecule has 0 aliphatic heterocycles. The molecule has 168 valence electrons. The summed E-state index contributed by atoms with van der Waals surface area (Å²) in [5.74, 6) is 0.466. The van der Waals surface area contributed by atoms with Gasteiger partial charge in [0.25, 0.3) is 0 Å². The van der Waals surface area contributed by atoms with Gasteiger partial charge in [-0.05, 0) is 47.1 Å². The van der Waals surface area contributed by atoms with Crippen molar-refractivity contribution in [2.45, 2.75) is 59.2 Å². The Bertz CT molecular complexity index is 711. The van der Waals surface area contributed by atoms with Crippen LogP contribution in [0.1, 0.15) is 47.1 Å². The smallest absolute Gasteiger partial charge is 0.408 e. The van der Waals surface area contributed by atoms with Crippen molar-refractivity contribution in [2.75, 3.05) is 26.7 Å². The van der Waals surface area contributed by atoms with Gasteiger partial charge < -0.3 is 25.6 Å². The van der Waals surface area contributed by atoms with E-state index in [1.165, 1.54) is 0 Å². The van der Waals surface area contributed by atoms with E-state index in [1.54, 1.807) is 11.9 Å². The minimum Gasteiger partial charge on any atom is -0.444 e. The molecule has 0 aromatic heterocycles. The van der Waals surface area contributed by atoms with E-state index in [4.69, 9.17) is 4.74 Å². The van der Waals surface area contributed by atoms with Gasteiger partial charge in [0, 0.05) is 26.7 Å². The van der Waals surface area contributed by atoms with Crippen molar-refractivity contribution in [1.82, 2.24) is 20.9 Å². The lowest BCUT2D eigenvalue weighted by Gasteiger charge is -2.29. The second-order valence-corrected chi connectivity index (χ2v) is 8.68. The summed E-state index contributed by atoms with van der Waals surface area (Å²) in [7, 11) is 1.63. The van der Waals surface area contributed by atoms with Crippen LogP contribution >= 0.6 is 0 Å². The zero-order valence-electron chi connectivity index (χ0n) is 19.3. The number of guanidine groups is 1. The number of hydrogen-bond acceptors (Lipinski definition) is 4. The molecule has 1 rings (SSSR count). The summed E-state index contributed by atoms with van der Waals surface area (Å²) in [5, 5.41) is 9.01. The van der Waals surface area contributed by atoms with Crippen molar-refractivity contribution in [3.05, 3.63) is 35.9 Å². The molecule has 0 radical (unpaired) electrons. The van der Waals surface area contributed by atoms with Crippen molar-refractivity contribution >= 4 is 18.0 Å². The Hall–Kier alpha value is -2.77. The van der Waals surface area contributed by atoms with Crippen molar-refractivity contribution < 1.29 is 14.3 Å². The van der Waals surface area contributed by atoms with Crippen molar-refractivity contribution in [3.8, 4) is 0 Å². The minimum atomic E-state index is -0.577. The highest BCUT2D eigenvalue weighted by Crippen LogP contribution is 2.09. The van der Waals surface area contributed by atoms with Gasteiger partial charge in [0.05, 0.1) is 12.1 Å². The number of benzene rings is 1. The number of carbonyl (C=O) groups excluding carboxylic acids is 2. The number of nitrogens with one attached hydrogen (secondary N) is 3. The summed E-state index contributed by atoms with van der Waals surface area (Å²) in [6, 6.07) is 9.89. The monoisotopic (exact) mass is 419 g/mol. The summed E-state index contributed by atoms with van der Waals surface area (Å²) in [6.07, 6.45) is -0.480. The van der Waals surface area contributed by atoms with Gasteiger partial charge in [0.2, 0.25) is 5.91 Å². The molecule has 0 bridgehead atoms. The predicted octanol–water partition coefficient (Wildman–Crippen LogP) is 2.50. The first kappa shape index (κ1) is 25.3. The fraction of sp³-hybridized carbons (Fsp3) is 0.591. The number of likely N-dealkylation sites (N-methyl/N-ethyl adjacent to an activating group) is 1. The van der Waals surface area contributed by atoms with Crippen LogP contribution in [0.4, 0.5) is 4.79 Å². The van der Waals surface area contributed by atoms with Crippen LogP contribution in [-0.4, -0.2) is 60.7 Å². The number of nitrogens with zero attached hydrogens (tertiary/aromatic N) is 2. The summed E-state index contributed by atoms with van der Waals surface area (Å²) in [5.41, 5.74) is -0.0476. The summed E-state index contributed by atoms with van der Waals surface area (Å²) < 4.78 is 5.30. The third kappa shape index (κ3) is 10.1. The van der Waals surface area contributed by atoms with Crippen molar-refractivity contribution in [1.29, 1.82) is 0 Å². The SMILES string of the molecule is CCN(Cc1ccccc1)C(=O)CNC(=NC)NCC(C)(C)NC(=O)OC(C)(C)C. The molecular formula is C22H37N5O3. The van der Waals surface area contributed by atoms with Crippen LogP contribution in [0.25, 0.3) is 0 Å². The molecule has 8 nitrogen and oxygen atoms in total. The van der Waals surface area contributed by atoms with E-state index in [1.807, 2.05) is 71.9 Å². The van der Waals surface area contributed by atoms with Gasteiger partial charge in [-0.15, -0.1) is 0 Å². The molecule has 0 spiro atoms. The number of hydrogen-bond donors (Lipinski definition) is 3. The molecule has 0 aliphatic rings. The lowest BCUT2D eigenvalue weighted by molar-refractivity contribution is -0.130. The molecule has 3 N–H and O–H groups in total. The van der Waals surface area contributed by atoms with Crippen LogP contribution in [0.15, 0.2) is 35.3 Å². The van der Waals surface area contributed by atoms with Gasteiger partial charge in [-0.1, -0.05) is 30.3 Å². The summed E-state index contributed by atoms with van der Waals surface area (Å²) in [6.45, 7) is 12.9. The molecular weight excluding hydrogens is 382 g/mol. The highest BCUT2D eigenvalue weighted by atomic mass is 16.6. The van der Waals surface area contributed by atoms with Crippen LogP contribution in [0.3, 0.4) is 0 Å². The number of aliphatic imine (C=N–C) groups is 1. The molecule has 2 amide bonds. The molecule has 1 aromatic carbocycles. The Morgan fingerprint density at radius 1 is 1.07 bits per heavy atom. The Kier molecular flexibility index (Phi) is 9.62. The Morgan fingerprint density at radius 3 is 2.23 bits per heavy atom. The maximum Gasteiger partial charge on any atom is 0.408 e. The van der Waals surface area contributed by atoms with E-state index in [0.29, 0.717) is 25.6 Å². The van der Waals surface area contributed by atoms with Crippen LogP contribution in [-0.2, 0) is 16.1 Å². The van der Waals surface area contributed by atoms with E-state index in [2.05, 4.69) is 20.9 Å². The molecule has 0 fully saturated rings. The molecule has 0 heterocycles. The van der Waals surface area contributed by atoms with Crippen LogP contribution in [0.5, 0.6) is 0 Å². The number of rotatable bonds is 8. The van der Waals surface area contributed by atoms with E-state index in [9.17, 15) is 9.59 Å². The van der Waals surface area contributed by atoms with E-state index in [0.717, 1.165) is 5.56 Å². The molecule has 0 atom stereocenters. The van der Waals surface area contributed by atoms with Crippen molar-refractivity contribution in [2.24, 2.45) is 4.99 Å². The first-order valence-corrected chi connectivity index (χ1v) is 10.2. The molecule has 0 saturated heterocycles. The molecule has 0 aliphatic carbocycles. The lowest BCUT2D eigenvalue weighted by Crippen LogP contribution is -2.54. The maximum atomic E-state index is 12.6. The predicted molar refractivity (Wildman–Crippen MR) is 120 cm³/mol. The first-order chi connectivity index (χ1) is 14.0. The second-order valence-electron chi connectivity index (χ2n) is 8.68.